The first-order chi connectivity index (χ1) is 11.4. The van der Waals surface area contributed by atoms with E-state index in [9.17, 15) is 9.59 Å². The van der Waals surface area contributed by atoms with Crippen LogP contribution in [0.25, 0.3) is 0 Å². The highest BCUT2D eigenvalue weighted by molar-refractivity contribution is 6.00. The van der Waals surface area contributed by atoms with Crippen molar-refractivity contribution in [1.82, 2.24) is 0 Å². The van der Waals surface area contributed by atoms with Crippen LogP contribution >= 0.6 is 0 Å². The van der Waals surface area contributed by atoms with Gasteiger partial charge in [-0.15, -0.1) is 0 Å². The molecule has 0 bridgehead atoms. The zero-order valence-corrected chi connectivity index (χ0v) is 13.9. The number of amides is 3. The molecule has 2 aromatic carbocycles. The van der Waals surface area contributed by atoms with E-state index in [0.717, 1.165) is 5.56 Å². The third-order valence-corrected chi connectivity index (χ3v) is 3.11. The number of ether oxygens (including phenoxy) is 1. The molecule has 6 nitrogen and oxygen atoms in total. The number of carbonyl (C=O) groups is 2. The van der Waals surface area contributed by atoms with E-state index < -0.39 is 6.09 Å². The highest BCUT2D eigenvalue weighted by Gasteiger charge is 2.09. The van der Waals surface area contributed by atoms with Gasteiger partial charge in [0.25, 0.3) is 0 Å². The number of urea groups is 1. The second kappa shape index (κ2) is 8.01. The fourth-order valence-corrected chi connectivity index (χ4v) is 2.00. The fourth-order valence-electron chi connectivity index (χ4n) is 2.00. The predicted octanol–water partition coefficient (Wildman–Crippen LogP) is 4.60. The molecule has 6 heteroatoms. The fraction of sp³-hybridized carbons (Fsp3) is 0.222. The minimum absolute atomic E-state index is 0.204. The summed E-state index contributed by atoms with van der Waals surface area (Å²) in [5.74, 6) is 0. The van der Waals surface area contributed by atoms with Crippen molar-refractivity contribution in [2.45, 2.75) is 26.9 Å². The van der Waals surface area contributed by atoms with Crippen molar-refractivity contribution in [1.29, 1.82) is 0 Å². The monoisotopic (exact) mass is 327 g/mol. The van der Waals surface area contributed by atoms with Gasteiger partial charge in [-0.3, -0.25) is 5.32 Å². The molecule has 0 aliphatic rings. The Balaban J connectivity index is 2.03. The number of para-hydroxylation sites is 1. The highest BCUT2D eigenvalue weighted by Crippen LogP contribution is 2.21. The topological polar surface area (TPSA) is 79.5 Å². The largest absolute Gasteiger partial charge is 0.447 e. The summed E-state index contributed by atoms with van der Waals surface area (Å²) < 4.78 is 5.03. The van der Waals surface area contributed by atoms with Gasteiger partial charge in [0.15, 0.2) is 0 Å². The van der Waals surface area contributed by atoms with E-state index in [0.29, 0.717) is 17.1 Å². The number of anilines is 3. The van der Waals surface area contributed by atoms with Crippen LogP contribution in [0.15, 0.2) is 48.5 Å². The maximum Gasteiger partial charge on any atom is 0.411 e. The minimum Gasteiger partial charge on any atom is -0.447 e. The molecule has 3 amide bonds. The molecule has 0 aliphatic carbocycles. The van der Waals surface area contributed by atoms with E-state index in [4.69, 9.17) is 4.74 Å². The Hall–Kier alpha value is -3.02. The first-order valence-corrected chi connectivity index (χ1v) is 7.65. The van der Waals surface area contributed by atoms with Crippen LogP contribution in [0.2, 0.25) is 0 Å². The molecule has 0 unspecified atom stereocenters. The molecule has 2 aromatic rings. The second-order valence-electron chi connectivity index (χ2n) is 5.55. The van der Waals surface area contributed by atoms with Gasteiger partial charge in [0, 0.05) is 17.1 Å². The third kappa shape index (κ3) is 5.31. The average molecular weight is 327 g/mol. The van der Waals surface area contributed by atoms with Gasteiger partial charge in [-0.05, 0) is 50.6 Å². The maximum absolute atomic E-state index is 12.1. The van der Waals surface area contributed by atoms with Crippen molar-refractivity contribution >= 4 is 29.2 Å². The van der Waals surface area contributed by atoms with E-state index in [2.05, 4.69) is 16.0 Å². The molecule has 0 spiro atoms. The summed E-state index contributed by atoms with van der Waals surface area (Å²) in [6, 6.07) is 14.0. The second-order valence-corrected chi connectivity index (χ2v) is 5.55. The summed E-state index contributed by atoms with van der Waals surface area (Å²) in [6.45, 7) is 5.42. The normalized spacial score (nSPS) is 10.2. The summed E-state index contributed by atoms with van der Waals surface area (Å²) >= 11 is 0. The van der Waals surface area contributed by atoms with Crippen molar-refractivity contribution in [3.8, 4) is 0 Å². The quantitative estimate of drug-likeness (QED) is 0.768. The van der Waals surface area contributed by atoms with E-state index in [1.807, 2.05) is 31.2 Å². The molecule has 0 saturated heterocycles. The lowest BCUT2D eigenvalue weighted by molar-refractivity contribution is 0.130. The lowest BCUT2D eigenvalue weighted by Gasteiger charge is -2.13. The Morgan fingerprint density at radius 1 is 0.917 bits per heavy atom. The Morgan fingerprint density at radius 2 is 1.62 bits per heavy atom. The molecule has 24 heavy (non-hydrogen) atoms. The van der Waals surface area contributed by atoms with Crippen LogP contribution < -0.4 is 16.0 Å². The Kier molecular flexibility index (Phi) is 5.78. The van der Waals surface area contributed by atoms with Crippen LogP contribution in [0.1, 0.15) is 19.4 Å². The van der Waals surface area contributed by atoms with Crippen molar-refractivity contribution in [3.05, 3.63) is 54.1 Å². The molecular weight excluding hydrogens is 306 g/mol. The predicted molar refractivity (Wildman–Crippen MR) is 95.5 cm³/mol. The van der Waals surface area contributed by atoms with Crippen LogP contribution in [0.5, 0.6) is 0 Å². The van der Waals surface area contributed by atoms with Crippen molar-refractivity contribution in [2.75, 3.05) is 16.0 Å². The van der Waals surface area contributed by atoms with Gasteiger partial charge in [0.1, 0.15) is 0 Å². The molecule has 0 fully saturated rings. The molecule has 0 radical (unpaired) electrons. The number of nitrogens with one attached hydrogen (secondary N) is 3. The Bertz CT molecular complexity index is 715. The zero-order valence-electron chi connectivity index (χ0n) is 13.9. The first-order valence-electron chi connectivity index (χ1n) is 7.65. The smallest absolute Gasteiger partial charge is 0.411 e. The summed E-state index contributed by atoms with van der Waals surface area (Å²) in [6.07, 6.45) is -0.738. The van der Waals surface area contributed by atoms with Gasteiger partial charge < -0.3 is 15.4 Å². The van der Waals surface area contributed by atoms with Gasteiger partial charge in [0.05, 0.1) is 6.10 Å². The molecule has 0 heterocycles. The molecule has 2 rings (SSSR count). The molecule has 0 saturated carbocycles. The molecule has 0 aliphatic heterocycles. The van der Waals surface area contributed by atoms with E-state index in [1.54, 1.807) is 38.1 Å². The van der Waals surface area contributed by atoms with E-state index >= 15 is 0 Å². The molecule has 0 atom stereocenters. The lowest BCUT2D eigenvalue weighted by atomic mass is 10.2. The molecule has 126 valence electrons. The highest BCUT2D eigenvalue weighted by atomic mass is 16.6. The van der Waals surface area contributed by atoms with Gasteiger partial charge in [0.2, 0.25) is 0 Å². The Morgan fingerprint density at radius 3 is 2.29 bits per heavy atom. The third-order valence-electron chi connectivity index (χ3n) is 3.11. The van der Waals surface area contributed by atoms with Gasteiger partial charge in [-0.25, -0.2) is 9.59 Å². The van der Waals surface area contributed by atoms with E-state index in [1.165, 1.54) is 0 Å². The summed E-state index contributed by atoms with van der Waals surface area (Å²) in [5.41, 5.74) is 2.72. The van der Waals surface area contributed by atoms with Crippen LogP contribution in [0.4, 0.5) is 26.7 Å². The maximum atomic E-state index is 12.1. The number of benzene rings is 2. The van der Waals surface area contributed by atoms with Crippen LogP contribution in [-0.4, -0.2) is 18.2 Å². The Labute approximate surface area is 141 Å². The van der Waals surface area contributed by atoms with Crippen LogP contribution in [0.3, 0.4) is 0 Å². The first kappa shape index (κ1) is 17.3. The number of hydrogen-bond donors (Lipinski definition) is 3. The van der Waals surface area contributed by atoms with Gasteiger partial charge >= 0.3 is 12.1 Å². The average Bonchev–Trinajstić information content (AvgIpc) is 2.50. The number of hydrogen-bond acceptors (Lipinski definition) is 3. The number of carbonyl (C=O) groups excluding carboxylic acids is 2. The summed E-state index contributed by atoms with van der Waals surface area (Å²) in [7, 11) is 0. The van der Waals surface area contributed by atoms with Crippen molar-refractivity contribution < 1.29 is 14.3 Å². The molecule has 0 aromatic heterocycles. The summed E-state index contributed by atoms with van der Waals surface area (Å²) in [4.78, 5) is 23.7. The minimum atomic E-state index is -0.534. The molecular formula is C18H21N3O3. The van der Waals surface area contributed by atoms with Crippen molar-refractivity contribution in [3.63, 3.8) is 0 Å². The number of rotatable bonds is 4. The lowest BCUT2D eigenvalue weighted by Crippen LogP contribution is -2.21. The van der Waals surface area contributed by atoms with E-state index in [-0.39, 0.29) is 12.1 Å². The van der Waals surface area contributed by atoms with Crippen LogP contribution in [-0.2, 0) is 4.74 Å². The van der Waals surface area contributed by atoms with Gasteiger partial charge in [-0.1, -0.05) is 24.3 Å². The van der Waals surface area contributed by atoms with Crippen molar-refractivity contribution in [2.24, 2.45) is 0 Å². The SMILES string of the molecule is Cc1ccc(NC(=O)OC(C)C)cc1NC(=O)Nc1ccccc1. The van der Waals surface area contributed by atoms with Gasteiger partial charge in [-0.2, -0.15) is 0 Å². The van der Waals surface area contributed by atoms with Crippen LogP contribution in [0, 0.1) is 6.92 Å². The standard InChI is InChI=1S/C18H21N3O3/c1-12(2)24-18(23)20-15-10-9-13(3)16(11-15)21-17(22)19-14-7-5-4-6-8-14/h4-12H,1-3H3,(H,20,23)(H2,19,21,22). The summed E-state index contributed by atoms with van der Waals surface area (Å²) in [5, 5.41) is 8.14. The zero-order chi connectivity index (χ0) is 17.5. The number of aryl methyl sites for hydroxylation is 1. The molecule has 3 N–H and O–H groups in total.